The molecule has 0 saturated heterocycles. The quantitative estimate of drug-likeness (QED) is 0.492. The van der Waals surface area contributed by atoms with Gasteiger partial charge in [0.2, 0.25) is 0 Å². The van der Waals surface area contributed by atoms with Gasteiger partial charge in [-0.15, -0.1) is 0 Å². The van der Waals surface area contributed by atoms with Crippen molar-refractivity contribution in [3.63, 3.8) is 0 Å². The summed E-state index contributed by atoms with van der Waals surface area (Å²) < 4.78 is 4.85. The van der Waals surface area contributed by atoms with E-state index in [4.69, 9.17) is 4.74 Å². The molecule has 0 heterocycles. The van der Waals surface area contributed by atoms with E-state index in [1.807, 2.05) is 18.2 Å². The standard InChI is InChI=1S/C9H14OS/c1-3-5-9(8-11)6-4-7-10-2/h3-6,11H,1,7-8H2,2H3/b6-4-,9-5+. The van der Waals surface area contributed by atoms with Crippen molar-refractivity contribution in [2.24, 2.45) is 0 Å². The third-order valence-electron chi connectivity index (χ3n) is 1.11. The van der Waals surface area contributed by atoms with Crippen molar-refractivity contribution in [2.75, 3.05) is 19.5 Å². The van der Waals surface area contributed by atoms with Gasteiger partial charge in [-0.3, -0.25) is 0 Å². The van der Waals surface area contributed by atoms with Crippen LogP contribution in [0.1, 0.15) is 0 Å². The van der Waals surface area contributed by atoms with E-state index in [-0.39, 0.29) is 0 Å². The SMILES string of the molecule is C=C/C=C(\C=C/COC)CS. The zero-order chi connectivity index (χ0) is 8.53. The number of hydrogen-bond donors (Lipinski definition) is 1. The van der Waals surface area contributed by atoms with Crippen LogP contribution in [0.5, 0.6) is 0 Å². The predicted octanol–water partition coefficient (Wildman–Crippen LogP) is 2.23. The fraction of sp³-hybridized carbons (Fsp3) is 0.333. The van der Waals surface area contributed by atoms with Crippen LogP contribution in [0.15, 0.2) is 36.5 Å². The topological polar surface area (TPSA) is 9.23 Å². The summed E-state index contributed by atoms with van der Waals surface area (Å²) in [5.74, 6) is 0.728. The molecular formula is C9H14OS. The fourth-order valence-electron chi connectivity index (χ4n) is 0.608. The first-order valence-electron chi connectivity index (χ1n) is 3.43. The molecule has 0 aliphatic carbocycles. The molecule has 0 aliphatic heterocycles. The average Bonchev–Trinajstić information content (AvgIpc) is 2.03. The van der Waals surface area contributed by atoms with Gasteiger partial charge >= 0.3 is 0 Å². The lowest BCUT2D eigenvalue weighted by Crippen LogP contribution is -1.83. The molecule has 0 aliphatic rings. The average molecular weight is 170 g/mol. The molecular weight excluding hydrogens is 156 g/mol. The summed E-state index contributed by atoms with van der Waals surface area (Å²) in [7, 11) is 1.67. The summed E-state index contributed by atoms with van der Waals surface area (Å²) in [6.45, 7) is 4.24. The highest BCUT2D eigenvalue weighted by Crippen LogP contribution is 1.99. The number of allylic oxidation sites excluding steroid dienone is 3. The maximum atomic E-state index is 4.85. The van der Waals surface area contributed by atoms with Gasteiger partial charge in [0.1, 0.15) is 0 Å². The molecule has 0 amide bonds. The van der Waals surface area contributed by atoms with Crippen molar-refractivity contribution in [3.05, 3.63) is 36.5 Å². The summed E-state index contributed by atoms with van der Waals surface area (Å²) in [5, 5.41) is 0. The van der Waals surface area contributed by atoms with E-state index in [0.717, 1.165) is 11.3 Å². The molecule has 0 radical (unpaired) electrons. The Bertz CT molecular complexity index is 159. The first-order chi connectivity index (χ1) is 5.35. The van der Waals surface area contributed by atoms with Crippen LogP contribution in [-0.4, -0.2) is 19.5 Å². The van der Waals surface area contributed by atoms with Crippen LogP contribution >= 0.6 is 12.6 Å². The normalized spacial score (nSPS) is 12.4. The minimum Gasteiger partial charge on any atom is -0.381 e. The van der Waals surface area contributed by atoms with Gasteiger partial charge in [0.05, 0.1) is 6.61 Å². The summed E-state index contributed by atoms with van der Waals surface area (Å²) in [6, 6.07) is 0. The van der Waals surface area contributed by atoms with Gasteiger partial charge in [-0.1, -0.05) is 30.9 Å². The molecule has 0 saturated carbocycles. The maximum Gasteiger partial charge on any atom is 0.0646 e. The molecule has 0 spiro atoms. The summed E-state index contributed by atoms with van der Waals surface area (Å²) in [5.41, 5.74) is 1.14. The van der Waals surface area contributed by atoms with Crippen LogP contribution in [0, 0.1) is 0 Å². The lowest BCUT2D eigenvalue weighted by molar-refractivity contribution is 0.234. The van der Waals surface area contributed by atoms with Gasteiger partial charge in [0.25, 0.3) is 0 Å². The van der Waals surface area contributed by atoms with E-state index >= 15 is 0 Å². The zero-order valence-corrected chi connectivity index (χ0v) is 7.68. The third-order valence-corrected chi connectivity index (χ3v) is 1.47. The predicted molar refractivity (Wildman–Crippen MR) is 53.1 cm³/mol. The molecule has 0 bridgehead atoms. The smallest absolute Gasteiger partial charge is 0.0646 e. The number of ether oxygens (including phenoxy) is 1. The minimum atomic E-state index is 0.641. The Kier molecular flexibility index (Phi) is 7.31. The molecule has 0 aromatic carbocycles. The molecule has 0 aromatic heterocycles. The number of thiol groups is 1. The number of hydrogen-bond acceptors (Lipinski definition) is 2. The van der Waals surface area contributed by atoms with E-state index in [9.17, 15) is 0 Å². The van der Waals surface area contributed by atoms with Crippen molar-refractivity contribution >= 4 is 12.6 Å². The van der Waals surface area contributed by atoms with Crippen molar-refractivity contribution in [1.82, 2.24) is 0 Å². The van der Waals surface area contributed by atoms with Crippen LogP contribution in [0.2, 0.25) is 0 Å². The monoisotopic (exact) mass is 170 g/mol. The summed E-state index contributed by atoms with van der Waals surface area (Å²) >= 11 is 4.14. The number of rotatable bonds is 5. The molecule has 0 aromatic rings. The van der Waals surface area contributed by atoms with Crippen molar-refractivity contribution in [2.45, 2.75) is 0 Å². The Morgan fingerprint density at radius 1 is 1.64 bits per heavy atom. The zero-order valence-electron chi connectivity index (χ0n) is 6.79. The molecule has 1 nitrogen and oxygen atoms in total. The second-order valence-electron chi connectivity index (χ2n) is 1.99. The minimum absolute atomic E-state index is 0.641. The van der Waals surface area contributed by atoms with Crippen LogP contribution in [-0.2, 0) is 4.74 Å². The Morgan fingerprint density at radius 2 is 2.36 bits per heavy atom. The lowest BCUT2D eigenvalue weighted by Gasteiger charge is -1.93. The molecule has 0 unspecified atom stereocenters. The Morgan fingerprint density at radius 3 is 2.82 bits per heavy atom. The van der Waals surface area contributed by atoms with Gasteiger partial charge in [-0.2, -0.15) is 12.6 Å². The highest BCUT2D eigenvalue weighted by Gasteiger charge is 1.83. The van der Waals surface area contributed by atoms with Gasteiger partial charge < -0.3 is 4.74 Å². The van der Waals surface area contributed by atoms with Crippen LogP contribution in [0.25, 0.3) is 0 Å². The third kappa shape index (κ3) is 5.95. The second kappa shape index (κ2) is 7.63. The highest BCUT2D eigenvalue weighted by atomic mass is 32.1. The van der Waals surface area contributed by atoms with E-state index in [1.54, 1.807) is 13.2 Å². The van der Waals surface area contributed by atoms with Gasteiger partial charge in [-0.05, 0) is 5.57 Å². The van der Waals surface area contributed by atoms with E-state index < -0.39 is 0 Å². The number of methoxy groups -OCH3 is 1. The molecule has 0 rings (SSSR count). The molecule has 0 atom stereocenters. The van der Waals surface area contributed by atoms with Crippen molar-refractivity contribution < 1.29 is 4.74 Å². The largest absolute Gasteiger partial charge is 0.381 e. The highest BCUT2D eigenvalue weighted by molar-refractivity contribution is 7.80. The molecule has 0 fully saturated rings. The van der Waals surface area contributed by atoms with E-state index in [2.05, 4.69) is 19.2 Å². The van der Waals surface area contributed by atoms with E-state index in [0.29, 0.717) is 6.61 Å². The van der Waals surface area contributed by atoms with Gasteiger partial charge in [0, 0.05) is 12.9 Å². The van der Waals surface area contributed by atoms with Crippen LogP contribution < -0.4 is 0 Å². The van der Waals surface area contributed by atoms with Crippen LogP contribution in [0.4, 0.5) is 0 Å². The fourth-order valence-corrected chi connectivity index (χ4v) is 0.819. The van der Waals surface area contributed by atoms with Gasteiger partial charge in [-0.25, -0.2) is 0 Å². The molecule has 11 heavy (non-hydrogen) atoms. The van der Waals surface area contributed by atoms with Gasteiger partial charge in [0.15, 0.2) is 0 Å². The molecule has 0 N–H and O–H groups in total. The Hall–Kier alpha value is -0.470. The van der Waals surface area contributed by atoms with E-state index in [1.165, 1.54) is 0 Å². The summed E-state index contributed by atoms with van der Waals surface area (Å²) in [6.07, 6.45) is 7.62. The second-order valence-corrected chi connectivity index (χ2v) is 2.31. The van der Waals surface area contributed by atoms with Crippen molar-refractivity contribution in [3.8, 4) is 0 Å². The first kappa shape index (κ1) is 10.5. The molecule has 62 valence electrons. The van der Waals surface area contributed by atoms with Crippen LogP contribution in [0.3, 0.4) is 0 Å². The Balaban J connectivity index is 3.86. The lowest BCUT2D eigenvalue weighted by atomic mass is 10.2. The Labute approximate surface area is 73.9 Å². The first-order valence-corrected chi connectivity index (χ1v) is 4.06. The maximum absolute atomic E-state index is 4.85. The summed E-state index contributed by atoms with van der Waals surface area (Å²) in [4.78, 5) is 0. The molecule has 2 heteroatoms. The van der Waals surface area contributed by atoms with Crippen molar-refractivity contribution in [1.29, 1.82) is 0 Å².